The highest BCUT2D eigenvalue weighted by atomic mass is 32.2. The number of aromatic amines is 1. The lowest BCUT2D eigenvalue weighted by atomic mass is 10.1. The zero-order chi connectivity index (χ0) is 24.7. The van der Waals surface area contributed by atoms with E-state index in [1.807, 2.05) is 66.6 Å². The van der Waals surface area contributed by atoms with E-state index in [1.165, 1.54) is 12.8 Å². The topological polar surface area (TPSA) is 122 Å². The maximum absolute atomic E-state index is 11.9. The SMILES string of the molecule is CC(Oc1ccc2[nH]nc(/C=C/c3cnn(C4CCS(=N)(=O)CC4)c3)c2c1)c1ccnc(C2CC2)n1. The number of aromatic nitrogens is 6. The molecule has 1 unspecified atom stereocenters. The molecule has 1 atom stereocenters. The summed E-state index contributed by atoms with van der Waals surface area (Å²) < 4.78 is 27.9. The Morgan fingerprint density at radius 1 is 1.19 bits per heavy atom. The Hall–Kier alpha value is -3.53. The fourth-order valence-electron chi connectivity index (χ4n) is 4.61. The van der Waals surface area contributed by atoms with Gasteiger partial charge in [0, 0.05) is 50.5 Å². The second-order valence-corrected chi connectivity index (χ2v) is 12.2. The van der Waals surface area contributed by atoms with Crippen LogP contribution in [-0.2, 0) is 9.73 Å². The predicted octanol–water partition coefficient (Wildman–Crippen LogP) is 5.12. The molecule has 2 aliphatic rings. The van der Waals surface area contributed by atoms with Gasteiger partial charge in [-0.2, -0.15) is 10.2 Å². The zero-order valence-corrected chi connectivity index (χ0v) is 20.9. The van der Waals surface area contributed by atoms with Gasteiger partial charge in [0.05, 0.1) is 29.1 Å². The molecule has 4 aromatic rings. The van der Waals surface area contributed by atoms with Gasteiger partial charge < -0.3 is 4.74 Å². The van der Waals surface area contributed by atoms with Gasteiger partial charge in [-0.3, -0.25) is 14.6 Å². The molecule has 6 rings (SSSR count). The number of nitrogens with one attached hydrogen (secondary N) is 2. The molecule has 0 bridgehead atoms. The minimum absolute atomic E-state index is 0.192. The van der Waals surface area contributed by atoms with Crippen LogP contribution < -0.4 is 4.74 Å². The van der Waals surface area contributed by atoms with Crippen molar-refractivity contribution in [1.82, 2.24) is 29.9 Å². The molecule has 36 heavy (non-hydrogen) atoms. The number of rotatable bonds is 7. The van der Waals surface area contributed by atoms with Crippen LogP contribution in [0, 0.1) is 4.78 Å². The van der Waals surface area contributed by atoms with Crippen LogP contribution in [0.5, 0.6) is 5.75 Å². The first-order valence-electron chi connectivity index (χ1n) is 12.4. The second kappa shape index (κ2) is 9.16. The van der Waals surface area contributed by atoms with Gasteiger partial charge in [0.2, 0.25) is 0 Å². The zero-order valence-electron chi connectivity index (χ0n) is 20.1. The van der Waals surface area contributed by atoms with Gasteiger partial charge in [-0.05, 0) is 69.0 Å². The largest absolute Gasteiger partial charge is 0.484 e. The van der Waals surface area contributed by atoms with E-state index >= 15 is 0 Å². The van der Waals surface area contributed by atoms with Crippen LogP contribution >= 0.6 is 0 Å². The Labute approximate surface area is 210 Å². The molecule has 3 aromatic heterocycles. The molecular weight excluding hydrogens is 474 g/mol. The van der Waals surface area contributed by atoms with Crippen molar-refractivity contribution in [3.05, 3.63) is 65.6 Å². The van der Waals surface area contributed by atoms with E-state index in [0.29, 0.717) is 17.4 Å². The fourth-order valence-corrected chi connectivity index (χ4v) is 6.12. The van der Waals surface area contributed by atoms with Gasteiger partial charge in [-0.1, -0.05) is 0 Å². The van der Waals surface area contributed by atoms with Gasteiger partial charge in [0.15, 0.2) is 0 Å². The third kappa shape index (κ3) is 4.90. The maximum Gasteiger partial charge on any atom is 0.138 e. The molecule has 4 heterocycles. The van der Waals surface area contributed by atoms with Crippen molar-refractivity contribution in [2.45, 2.75) is 50.7 Å². The van der Waals surface area contributed by atoms with Crippen LogP contribution in [0.25, 0.3) is 23.1 Å². The van der Waals surface area contributed by atoms with Gasteiger partial charge in [-0.25, -0.2) is 14.2 Å². The predicted molar refractivity (Wildman–Crippen MR) is 139 cm³/mol. The summed E-state index contributed by atoms with van der Waals surface area (Å²) in [6, 6.07) is 8.04. The number of hydrogen-bond acceptors (Lipinski definition) is 7. The lowest BCUT2D eigenvalue weighted by Crippen LogP contribution is -2.24. The Kier molecular flexibility index (Phi) is 5.83. The fraction of sp³-hybridized carbons (Fsp3) is 0.385. The minimum atomic E-state index is -2.39. The van der Waals surface area contributed by atoms with Crippen LogP contribution in [0.4, 0.5) is 0 Å². The summed E-state index contributed by atoms with van der Waals surface area (Å²) >= 11 is 0. The van der Waals surface area contributed by atoms with Crippen molar-refractivity contribution >= 4 is 32.8 Å². The number of nitrogens with zero attached hydrogens (tertiary/aromatic N) is 5. The van der Waals surface area contributed by atoms with E-state index in [0.717, 1.165) is 52.3 Å². The van der Waals surface area contributed by atoms with Crippen LogP contribution in [0.3, 0.4) is 0 Å². The molecule has 0 spiro atoms. The first-order chi connectivity index (χ1) is 17.4. The smallest absolute Gasteiger partial charge is 0.138 e. The molecule has 2 N–H and O–H groups in total. The molecule has 10 heteroatoms. The summed E-state index contributed by atoms with van der Waals surface area (Å²) in [7, 11) is -2.39. The highest BCUT2D eigenvalue weighted by Gasteiger charge is 2.27. The first-order valence-corrected chi connectivity index (χ1v) is 14.3. The van der Waals surface area contributed by atoms with E-state index in [9.17, 15) is 4.21 Å². The summed E-state index contributed by atoms with van der Waals surface area (Å²) in [5.41, 5.74) is 3.61. The number of ether oxygens (including phenoxy) is 1. The van der Waals surface area contributed by atoms with Crippen molar-refractivity contribution in [2.24, 2.45) is 0 Å². The summed E-state index contributed by atoms with van der Waals surface area (Å²) in [4.78, 5) is 9.11. The maximum atomic E-state index is 11.9. The van der Waals surface area contributed by atoms with Crippen LogP contribution in [0.15, 0.2) is 42.9 Å². The molecule has 1 aliphatic carbocycles. The van der Waals surface area contributed by atoms with Crippen LogP contribution in [0.2, 0.25) is 0 Å². The van der Waals surface area contributed by atoms with Gasteiger partial charge in [0.1, 0.15) is 17.7 Å². The molecule has 186 valence electrons. The lowest BCUT2D eigenvalue weighted by Gasteiger charge is -2.23. The highest BCUT2D eigenvalue weighted by molar-refractivity contribution is 7.92. The average molecular weight is 504 g/mol. The monoisotopic (exact) mass is 503 g/mol. The number of benzene rings is 1. The Morgan fingerprint density at radius 2 is 2.03 bits per heavy atom. The molecular formula is C26H29N7O2S. The summed E-state index contributed by atoms with van der Waals surface area (Å²) in [5.74, 6) is 3.08. The minimum Gasteiger partial charge on any atom is -0.484 e. The quantitative estimate of drug-likeness (QED) is 0.361. The Balaban J connectivity index is 1.16. The van der Waals surface area contributed by atoms with E-state index in [-0.39, 0.29) is 12.1 Å². The third-order valence-corrected chi connectivity index (χ3v) is 8.71. The first kappa shape index (κ1) is 22.9. The number of H-pyrrole nitrogens is 1. The van der Waals surface area contributed by atoms with Crippen molar-refractivity contribution in [3.63, 3.8) is 0 Å². The molecule has 1 aliphatic heterocycles. The Morgan fingerprint density at radius 3 is 2.83 bits per heavy atom. The van der Waals surface area contributed by atoms with E-state index < -0.39 is 9.73 Å². The highest BCUT2D eigenvalue weighted by Crippen LogP contribution is 2.38. The standard InChI is InChI=1S/C26H29N7O2S/c1-17(23-8-11-28-26(30-23)19-3-4-19)35-21-5-7-25-22(14-21)24(31-32-25)6-2-18-15-29-33(16-18)20-9-12-36(27,34)13-10-20/h2,5-8,11,14-17,19-20,27H,3-4,9-10,12-13H2,1H3,(H,31,32)/b6-2+. The van der Waals surface area contributed by atoms with Crippen molar-refractivity contribution in [3.8, 4) is 5.75 Å². The third-order valence-electron chi connectivity index (χ3n) is 6.92. The molecule has 0 radical (unpaired) electrons. The molecule has 1 saturated heterocycles. The van der Waals surface area contributed by atoms with Crippen molar-refractivity contribution in [2.75, 3.05) is 11.5 Å². The van der Waals surface area contributed by atoms with Crippen LogP contribution in [0.1, 0.15) is 73.4 Å². The van der Waals surface area contributed by atoms with Gasteiger partial charge in [0.25, 0.3) is 0 Å². The lowest BCUT2D eigenvalue weighted by molar-refractivity contribution is 0.221. The van der Waals surface area contributed by atoms with Gasteiger partial charge in [-0.15, -0.1) is 0 Å². The second-order valence-electron chi connectivity index (χ2n) is 9.73. The number of hydrogen-bond donors (Lipinski definition) is 2. The van der Waals surface area contributed by atoms with Crippen molar-refractivity contribution in [1.29, 1.82) is 4.78 Å². The molecule has 1 saturated carbocycles. The molecule has 1 aromatic carbocycles. The normalized spacial score (nSPS) is 23.3. The Bertz CT molecular complexity index is 1520. The summed E-state index contributed by atoms with van der Waals surface area (Å²) in [5, 5.41) is 13.0. The molecule has 0 amide bonds. The van der Waals surface area contributed by atoms with E-state index in [1.54, 1.807) is 0 Å². The average Bonchev–Trinajstić information content (AvgIpc) is 3.50. The van der Waals surface area contributed by atoms with Crippen molar-refractivity contribution < 1.29 is 8.95 Å². The summed E-state index contributed by atoms with van der Waals surface area (Å²) in [6.07, 6.45) is 13.2. The molecule has 9 nitrogen and oxygen atoms in total. The summed E-state index contributed by atoms with van der Waals surface area (Å²) in [6.45, 7) is 2.01. The van der Waals surface area contributed by atoms with Crippen LogP contribution in [-0.4, -0.2) is 45.7 Å². The van der Waals surface area contributed by atoms with Gasteiger partial charge >= 0.3 is 0 Å². The molecule has 2 fully saturated rings. The van der Waals surface area contributed by atoms with E-state index in [2.05, 4.69) is 20.3 Å². The van der Waals surface area contributed by atoms with E-state index in [4.69, 9.17) is 14.5 Å². The number of fused-ring (bicyclic) bond motifs is 1.